The summed E-state index contributed by atoms with van der Waals surface area (Å²) in [6.07, 6.45) is 7.66. The van der Waals surface area contributed by atoms with Gasteiger partial charge in [-0.05, 0) is 122 Å². The van der Waals surface area contributed by atoms with Gasteiger partial charge in [0.1, 0.15) is 6.10 Å². The number of rotatable bonds is 8. The van der Waals surface area contributed by atoms with Gasteiger partial charge in [0.2, 0.25) is 0 Å². The number of hydrogen-bond donors (Lipinski definition) is 2. The fourth-order valence-electron chi connectivity index (χ4n) is 13.5. The second-order valence-electron chi connectivity index (χ2n) is 19.9. The summed E-state index contributed by atoms with van der Waals surface area (Å²) in [6.45, 7) is 19.5. The molecule has 0 bridgehead atoms. The highest BCUT2D eigenvalue weighted by molar-refractivity contribution is 6.00. The normalized spacial score (nSPS) is 38.0. The van der Waals surface area contributed by atoms with Crippen LogP contribution >= 0.6 is 0 Å². The van der Waals surface area contributed by atoms with E-state index in [2.05, 4.69) is 70.7 Å². The van der Waals surface area contributed by atoms with Crippen molar-refractivity contribution in [3.63, 3.8) is 0 Å². The van der Waals surface area contributed by atoms with Gasteiger partial charge in [-0.2, -0.15) is 0 Å². The monoisotopic (exact) mass is 701 g/mol. The number of carbonyl (C=O) groups excluding carboxylic acids is 2. The number of carbonyl (C=O) groups is 3. The van der Waals surface area contributed by atoms with Crippen molar-refractivity contribution in [1.82, 2.24) is 4.90 Å². The Labute approximate surface area is 306 Å². The van der Waals surface area contributed by atoms with E-state index in [4.69, 9.17) is 4.74 Å². The van der Waals surface area contributed by atoms with Crippen LogP contribution in [0, 0.1) is 56.7 Å². The Morgan fingerprint density at radius 1 is 0.922 bits per heavy atom. The van der Waals surface area contributed by atoms with E-state index in [1.165, 1.54) is 16.7 Å². The number of nitrogens with zero attached hydrogens (tertiary/aromatic N) is 1. The number of fused-ring (bicyclic) bond motifs is 8. The number of allylic oxidation sites excluding steroid dienone is 1. The van der Waals surface area contributed by atoms with Crippen molar-refractivity contribution in [3.8, 4) is 0 Å². The number of esters is 1. The van der Waals surface area contributed by atoms with Gasteiger partial charge in [-0.25, -0.2) is 0 Å². The van der Waals surface area contributed by atoms with Gasteiger partial charge in [-0.1, -0.05) is 71.4 Å². The van der Waals surface area contributed by atoms with Crippen molar-refractivity contribution < 1.29 is 29.3 Å². The van der Waals surface area contributed by atoms with Gasteiger partial charge < -0.3 is 14.9 Å². The standard InChI is InChI=1S/C44H63NO6/c1-26(2)37-31(46)21-44(34(47)25-45-23-27-11-9-10-12-28(27)24-45)20-15-30-29(38(37)44)13-14-33-42(30,7)18-16-32-41(5,6)35(17-19-43(32,33)8)51-36(48)22-40(3,4)39(49)50/h9-12,26,29-30,32-35,47H,13-25H2,1-8H3,(H,49,50). The second-order valence-corrected chi connectivity index (χ2v) is 19.9. The summed E-state index contributed by atoms with van der Waals surface area (Å²) in [5, 5.41) is 21.9. The number of benzene rings is 1. The molecule has 1 aliphatic heterocycles. The fraction of sp³-hybridized carbons (Fsp3) is 0.750. The van der Waals surface area contributed by atoms with Gasteiger partial charge >= 0.3 is 11.9 Å². The van der Waals surface area contributed by atoms with Crippen molar-refractivity contribution in [3.05, 3.63) is 46.5 Å². The van der Waals surface area contributed by atoms with Crippen LogP contribution in [0.1, 0.15) is 131 Å². The molecule has 6 aliphatic rings. The van der Waals surface area contributed by atoms with Crippen LogP contribution in [0.4, 0.5) is 0 Å². The Kier molecular flexibility index (Phi) is 9.05. The topological polar surface area (TPSA) is 104 Å². The first-order valence-corrected chi connectivity index (χ1v) is 20.0. The van der Waals surface area contributed by atoms with E-state index in [9.17, 15) is 24.6 Å². The average Bonchev–Trinajstić information content (AvgIpc) is 3.60. The molecule has 0 spiro atoms. The Balaban J connectivity index is 1.13. The average molecular weight is 702 g/mol. The van der Waals surface area contributed by atoms with E-state index >= 15 is 0 Å². The minimum atomic E-state index is -1.15. The highest BCUT2D eigenvalue weighted by Crippen LogP contribution is 2.73. The quantitative estimate of drug-likeness (QED) is 0.263. The molecule has 1 heterocycles. The lowest BCUT2D eigenvalue weighted by molar-refractivity contribution is -0.214. The summed E-state index contributed by atoms with van der Waals surface area (Å²) in [4.78, 5) is 41.2. The predicted molar refractivity (Wildman–Crippen MR) is 197 cm³/mol. The molecule has 5 aliphatic carbocycles. The molecule has 9 atom stereocenters. The molecule has 4 saturated carbocycles. The molecule has 0 saturated heterocycles. The van der Waals surface area contributed by atoms with Gasteiger partial charge in [-0.15, -0.1) is 0 Å². The maximum absolute atomic E-state index is 14.0. The number of aliphatic hydroxyl groups is 1. The lowest BCUT2D eigenvalue weighted by Crippen LogP contribution is -2.63. The van der Waals surface area contributed by atoms with Crippen LogP contribution in [0.15, 0.2) is 35.4 Å². The van der Waals surface area contributed by atoms with Crippen LogP contribution in [0.2, 0.25) is 0 Å². The first kappa shape index (κ1) is 36.8. The third-order valence-electron chi connectivity index (χ3n) is 16.0. The Morgan fingerprint density at radius 3 is 2.20 bits per heavy atom. The molecular weight excluding hydrogens is 638 g/mol. The molecule has 1 aromatic rings. The summed E-state index contributed by atoms with van der Waals surface area (Å²) in [5.41, 5.74) is 3.46. The van der Waals surface area contributed by atoms with Crippen LogP contribution in [0.3, 0.4) is 0 Å². The summed E-state index contributed by atoms with van der Waals surface area (Å²) >= 11 is 0. The molecule has 1 aromatic carbocycles. The lowest BCUT2D eigenvalue weighted by Gasteiger charge is -2.69. The predicted octanol–water partition coefficient (Wildman–Crippen LogP) is 8.37. The number of Topliss-reactive ketones (excluding diaryl/α,β-unsaturated/α-hetero) is 1. The molecule has 51 heavy (non-hydrogen) atoms. The van der Waals surface area contributed by atoms with Gasteiger partial charge in [-0.3, -0.25) is 19.3 Å². The number of carboxylic acid groups (broad SMARTS) is 1. The minimum Gasteiger partial charge on any atom is -0.481 e. The third-order valence-corrected chi connectivity index (χ3v) is 16.0. The molecule has 2 N–H and O–H groups in total. The Hall–Kier alpha value is -2.51. The van der Waals surface area contributed by atoms with E-state index in [-0.39, 0.29) is 40.5 Å². The van der Waals surface area contributed by atoms with E-state index in [1.54, 1.807) is 13.8 Å². The summed E-state index contributed by atoms with van der Waals surface area (Å²) < 4.78 is 6.16. The zero-order valence-corrected chi connectivity index (χ0v) is 32.5. The number of aliphatic hydroxyl groups excluding tert-OH is 1. The molecule has 0 aromatic heterocycles. The number of β-amino-alcohol motifs (C(OH)–C–C–N with tert-alkyl or cyclic N) is 1. The van der Waals surface area contributed by atoms with Crippen LogP contribution in [0.25, 0.3) is 0 Å². The van der Waals surface area contributed by atoms with Crippen LogP contribution in [0.5, 0.6) is 0 Å². The SMILES string of the molecule is CC(C)C1=C2C3CCC4C(C)(CCC5C(C)(C)C(OC(=O)CC(C)(C)C(=O)O)CCC54C)C3CCC2(C(O)CN2Cc3ccccc3C2)CC1=O. The lowest BCUT2D eigenvalue weighted by atomic mass is 9.36. The summed E-state index contributed by atoms with van der Waals surface area (Å²) in [6, 6.07) is 8.60. The maximum Gasteiger partial charge on any atom is 0.309 e. The fourth-order valence-corrected chi connectivity index (χ4v) is 13.5. The number of ketones is 1. The molecule has 7 heteroatoms. The van der Waals surface area contributed by atoms with Crippen molar-refractivity contribution in [2.45, 2.75) is 145 Å². The van der Waals surface area contributed by atoms with Crippen LogP contribution in [-0.4, -0.2) is 51.6 Å². The molecule has 280 valence electrons. The van der Waals surface area contributed by atoms with Gasteiger partial charge in [0.25, 0.3) is 0 Å². The molecule has 4 fully saturated rings. The van der Waals surface area contributed by atoms with Gasteiger partial charge in [0.05, 0.1) is 17.9 Å². The molecule has 7 nitrogen and oxygen atoms in total. The number of carboxylic acids is 1. The molecule has 0 amide bonds. The van der Waals surface area contributed by atoms with Crippen molar-refractivity contribution in [2.75, 3.05) is 6.54 Å². The second kappa shape index (κ2) is 12.5. The van der Waals surface area contributed by atoms with E-state index in [1.807, 2.05) is 0 Å². The highest BCUT2D eigenvalue weighted by Gasteiger charge is 2.67. The Morgan fingerprint density at radius 2 is 1.57 bits per heavy atom. The first-order chi connectivity index (χ1) is 23.8. The summed E-state index contributed by atoms with van der Waals surface area (Å²) in [7, 11) is 0. The van der Waals surface area contributed by atoms with E-state index in [0.29, 0.717) is 36.6 Å². The number of aliphatic carboxylic acids is 1. The van der Waals surface area contributed by atoms with Crippen molar-refractivity contribution in [2.24, 2.45) is 56.7 Å². The zero-order valence-electron chi connectivity index (χ0n) is 32.5. The number of hydrogen-bond acceptors (Lipinski definition) is 6. The van der Waals surface area contributed by atoms with Crippen LogP contribution in [-0.2, 0) is 32.2 Å². The number of ether oxygens (including phenoxy) is 1. The van der Waals surface area contributed by atoms with E-state index in [0.717, 1.165) is 70.0 Å². The molecule has 0 radical (unpaired) electrons. The minimum absolute atomic E-state index is 0.101. The van der Waals surface area contributed by atoms with E-state index < -0.39 is 28.9 Å². The largest absolute Gasteiger partial charge is 0.481 e. The van der Waals surface area contributed by atoms with Crippen molar-refractivity contribution >= 4 is 17.7 Å². The van der Waals surface area contributed by atoms with Gasteiger partial charge in [0.15, 0.2) is 5.78 Å². The first-order valence-electron chi connectivity index (χ1n) is 20.0. The molecule has 9 unspecified atom stereocenters. The zero-order chi connectivity index (χ0) is 36.9. The van der Waals surface area contributed by atoms with Crippen LogP contribution < -0.4 is 0 Å². The molecular formula is C44H63NO6. The highest BCUT2D eigenvalue weighted by atomic mass is 16.5. The van der Waals surface area contributed by atoms with Crippen molar-refractivity contribution in [1.29, 1.82) is 0 Å². The molecule has 7 rings (SSSR count). The van der Waals surface area contributed by atoms with Gasteiger partial charge in [0, 0.05) is 36.9 Å². The maximum atomic E-state index is 14.0. The Bertz CT molecular complexity index is 1600. The smallest absolute Gasteiger partial charge is 0.309 e. The third kappa shape index (κ3) is 5.68. The summed E-state index contributed by atoms with van der Waals surface area (Å²) in [5.74, 6) is 0.770.